The number of carbonyl (C=O) groups is 2. The van der Waals surface area contributed by atoms with Crippen LogP contribution in [-0.4, -0.2) is 49.1 Å². The molecule has 0 radical (unpaired) electrons. The van der Waals surface area contributed by atoms with Crippen LogP contribution < -0.4 is 11.6 Å². The highest BCUT2D eigenvalue weighted by Crippen LogP contribution is 2.14. The number of nitrogens with zero attached hydrogens (tertiary/aromatic N) is 2. The van der Waals surface area contributed by atoms with Crippen molar-refractivity contribution in [2.45, 2.75) is 13.1 Å². The van der Waals surface area contributed by atoms with Crippen molar-refractivity contribution in [1.29, 1.82) is 0 Å². The Morgan fingerprint density at radius 3 is 2.38 bits per heavy atom. The lowest BCUT2D eigenvalue weighted by Crippen LogP contribution is -2.38. The van der Waals surface area contributed by atoms with Gasteiger partial charge in [-0.25, -0.2) is 15.8 Å². The maximum atomic E-state index is 12.1. The minimum absolute atomic E-state index is 0.00382. The van der Waals surface area contributed by atoms with Crippen LogP contribution in [0.2, 0.25) is 0 Å². The Morgan fingerprint density at radius 1 is 1.38 bits per heavy atom. The molecular formula is C10H15F3N4O4. The second-order valence-electron chi connectivity index (χ2n) is 3.48. The third-order valence-electron chi connectivity index (χ3n) is 1.88. The van der Waals surface area contributed by atoms with Crippen LogP contribution in [0.3, 0.4) is 0 Å². The minimum Gasteiger partial charge on any atom is -0.499 e. The average molecular weight is 312 g/mol. The number of ketones is 1. The predicted octanol–water partition coefficient (Wildman–Crippen LogP) is -0.341. The summed E-state index contributed by atoms with van der Waals surface area (Å²) in [6.45, 7) is 0.983. The van der Waals surface area contributed by atoms with Gasteiger partial charge >= 0.3 is 12.1 Å². The highest BCUT2D eigenvalue weighted by molar-refractivity contribution is 6.38. The molecule has 0 spiro atoms. The molecule has 0 fully saturated rings. The summed E-state index contributed by atoms with van der Waals surface area (Å²) >= 11 is 0. The fourth-order valence-electron chi connectivity index (χ4n) is 0.967. The highest BCUT2D eigenvalue weighted by Gasteiger charge is 2.34. The Kier molecular flexibility index (Phi) is 7.21. The zero-order valence-electron chi connectivity index (χ0n) is 11.3. The van der Waals surface area contributed by atoms with Gasteiger partial charge in [0.1, 0.15) is 12.3 Å². The number of hydrogen-bond donors (Lipinski definition) is 2. The molecule has 0 aromatic carbocycles. The van der Waals surface area contributed by atoms with Crippen molar-refractivity contribution in [1.82, 2.24) is 5.12 Å². The second kappa shape index (κ2) is 8.09. The average Bonchev–Trinajstić information content (AvgIpc) is 2.36. The van der Waals surface area contributed by atoms with Crippen LogP contribution in [0, 0.1) is 0 Å². The molecule has 0 aromatic rings. The molecule has 0 bridgehead atoms. The molecule has 8 nitrogen and oxygen atoms in total. The Labute approximate surface area is 118 Å². The predicted molar refractivity (Wildman–Crippen MR) is 65.3 cm³/mol. The summed E-state index contributed by atoms with van der Waals surface area (Å²) in [4.78, 5) is 22.4. The lowest BCUT2D eigenvalue weighted by molar-refractivity contribution is -0.151. The summed E-state index contributed by atoms with van der Waals surface area (Å²) in [5.41, 5.74) is 4.66. The molecular weight excluding hydrogens is 297 g/mol. The first-order valence-corrected chi connectivity index (χ1v) is 5.51. The second-order valence-corrected chi connectivity index (χ2v) is 3.48. The van der Waals surface area contributed by atoms with Gasteiger partial charge in [0.15, 0.2) is 0 Å². The Morgan fingerprint density at radius 2 is 1.95 bits per heavy atom. The van der Waals surface area contributed by atoms with Gasteiger partial charge in [-0.1, -0.05) is 0 Å². The number of hydrazine groups is 1. The van der Waals surface area contributed by atoms with Crippen molar-refractivity contribution in [3.8, 4) is 0 Å². The summed E-state index contributed by atoms with van der Waals surface area (Å²) in [6.07, 6.45) is -4.10. The number of methoxy groups -OCH3 is 1. The zero-order valence-corrected chi connectivity index (χ0v) is 11.3. The Bertz CT molecular complexity index is 448. The molecule has 0 aromatic heterocycles. The van der Waals surface area contributed by atoms with Gasteiger partial charge in [-0.2, -0.15) is 13.2 Å². The number of amidine groups is 1. The van der Waals surface area contributed by atoms with Crippen LogP contribution in [0.5, 0.6) is 0 Å². The molecule has 4 N–H and O–H groups in total. The van der Waals surface area contributed by atoms with Gasteiger partial charge in [0, 0.05) is 6.08 Å². The number of ether oxygens (including phenoxy) is 2. The molecule has 120 valence electrons. The SMILES string of the molecule is CCOC(=O)C(=O)/C=C(\CN(N)/N=C(\N)C(F)(F)F)OC. The molecule has 0 rings (SSSR count). The molecule has 0 aliphatic heterocycles. The van der Waals surface area contributed by atoms with Crippen LogP contribution in [0.15, 0.2) is 16.9 Å². The largest absolute Gasteiger partial charge is 0.499 e. The standard InChI is InChI=1S/C10H15F3N4O4/c1-3-21-8(19)7(18)4-6(20-2)5-17(15)16-9(14)10(11,12)13/h4H,3,5,15H2,1-2H3,(H2,14,16)/b6-4+. The summed E-state index contributed by atoms with van der Waals surface area (Å²) in [5, 5.41) is 3.17. The van der Waals surface area contributed by atoms with E-state index in [-0.39, 0.29) is 12.4 Å². The highest BCUT2D eigenvalue weighted by atomic mass is 19.4. The van der Waals surface area contributed by atoms with E-state index in [1.54, 1.807) is 0 Å². The molecule has 0 saturated heterocycles. The van der Waals surface area contributed by atoms with Crippen molar-refractivity contribution < 1.29 is 32.2 Å². The lowest BCUT2D eigenvalue weighted by Gasteiger charge is -2.15. The third-order valence-corrected chi connectivity index (χ3v) is 1.88. The maximum Gasteiger partial charge on any atom is 0.450 e. The molecule has 21 heavy (non-hydrogen) atoms. The van der Waals surface area contributed by atoms with Gasteiger partial charge in [0.05, 0.1) is 13.7 Å². The van der Waals surface area contributed by atoms with Crippen molar-refractivity contribution in [3.05, 3.63) is 11.8 Å². The Balaban J connectivity index is 4.85. The molecule has 0 aliphatic carbocycles. The number of halogens is 3. The van der Waals surface area contributed by atoms with E-state index in [1.807, 2.05) is 0 Å². The van der Waals surface area contributed by atoms with E-state index in [2.05, 4.69) is 15.6 Å². The van der Waals surface area contributed by atoms with E-state index in [0.717, 1.165) is 13.2 Å². The van der Waals surface area contributed by atoms with Crippen molar-refractivity contribution in [2.24, 2.45) is 16.7 Å². The van der Waals surface area contributed by atoms with E-state index >= 15 is 0 Å². The normalized spacial score (nSPS) is 12.9. The number of alkyl halides is 3. The molecule has 0 heterocycles. The van der Waals surface area contributed by atoms with Crippen molar-refractivity contribution in [2.75, 3.05) is 20.3 Å². The maximum absolute atomic E-state index is 12.1. The first-order chi connectivity index (χ1) is 9.61. The summed E-state index contributed by atoms with van der Waals surface area (Å²) in [7, 11) is 1.13. The van der Waals surface area contributed by atoms with E-state index in [0.29, 0.717) is 5.12 Å². The van der Waals surface area contributed by atoms with Crippen LogP contribution in [0.25, 0.3) is 0 Å². The topological polar surface area (TPSA) is 120 Å². The number of nitrogens with two attached hydrogens (primary N) is 2. The number of carbonyl (C=O) groups excluding carboxylic acids is 2. The smallest absolute Gasteiger partial charge is 0.450 e. The van der Waals surface area contributed by atoms with Gasteiger partial charge in [-0.05, 0) is 6.92 Å². The van der Waals surface area contributed by atoms with Gasteiger partial charge in [-0.3, -0.25) is 4.79 Å². The van der Waals surface area contributed by atoms with E-state index in [4.69, 9.17) is 10.6 Å². The number of esters is 1. The molecule has 0 atom stereocenters. The molecule has 0 aliphatic rings. The Hall–Kier alpha value is -2.30. The third kappa shape index (κ3) is 7.15. The molecule has 0 amide bonds. The molecule has 0 saturated carbocycles. The summed E-state index contributed by atoms with van der Waals surface area (Å²) < 4.78 is 45.5. The fourth-order valence-corrected chi connectivity index (χ4v) is 0.967. The van der Waals surface area contributed by atoms with Crippen molar-refractivity contribution in [3.63, 3.8) is 0 Å². The summed E-state index contributed by atoms with van der Waals surface area (Å²) in [5.74, 6) is 1.13. The fraction of sp³-hybridized carbons (Fsp3) is 0.500. The quantitative estimate of drug-likeness (QED) is 0.0964. The number of hydrazone groups is 1. The zero-order chi connectivity index (χ0) is 16.6. The van der Waals surface area contributed by atoms with Crippen LogP contribution in [0.4, 0.5) is 13.2 Å². The minimum atomic E-state index is -4.84. The first kappa shape index (κ1) is 18.7. The summed E-state index contributed by atoms with van der Waals surface area (Å²) in [6, 6.07) is 0. The van der Waals surface area contributed by atoms with Gasteiger partial charge in [-0.15, -0.1) is 5.10 Å². The van der Waals surface area contributed by atoms with E-state index in [1.165, 1.54) is 6.92 Å². The van der Waals surface area contributed by atoms with Crippen LogP contribution >= 0.6 is 0 Å². The van der Waals surface area contributed by atoms with Gasteiger partial charge in [0.2, 0.25) is 5.84 Å². The van der Waals surface area contributed by atoms with Crippen LogP contribution in [0.1, 0.15) is 6.92 Å². The van der Waals surface area contributed by atoms with Gasteiger partial charge < -0.3 is 15.2 Å². The van der Waals surface area contributed by atoms with Crippen LogP contribution in [-0.2, 0) is 19.1 Å². The first-order valence-electron chi connectivity index (χ1n) is 5.51. The molecule has 11 heteroatoms. The van der Waals surface area contributed by atoms with E-state index in [9.17, 15) is 22.8 Å². The molecule has 0 unspecified atom stereocenters. The van der Waals surface area contributed by atoms with Crippen molar-refractivity contribution >= 4 is 17.6 Å². The number of rotatable bonds is 7. The van der Waals surface area contributed by atoms with E-state index < -0.39 is 30.3 Å². The number of hydrogen-bond acceptors (Lipinski definition) is 7. The van der Waals surface area contributed by atoms with Gasteiger partial charge in [0.25, 0.3) is 5.78 Å². The lowest BCUT2D eigenvalue weighted by atomic mass is 10.3. The monoisotopic (exact) mass is 312 g/mol.